The van der Waals surface area contributed by atoms with Crippen molar-refractivity contribution in [2.75, 3.05) is 44.3 Å². The van der Waals surface area contributed by atoms with E-state index >= 15 is 0 Å². The van der Waals surface area contributed by atoms with E-state index in [9.17, 15) is 4.79 Å². The van der Waals surface area contributed by atoms with Crippen LogP contribution in [0.1, 0.15) is 48.9 Å². The van der Waals surface area contributed by atoms with Gasteiger partial charge >= 0.3 is 0 Å². The van der Waals surface area contributed by atoms with Gasteiger partial charge in [-0.2, -0.15) is 0 Å². The van der Waals surface area contributed by atoms with Gasteiger partial charge in [-0.05, 0) is 25.0 Å². The molecule has 0 atom stereocenters. The third-order valence-corrected chi connectivity index (χ3v) is 5.04. The Morgan fingerprint density at radius 1 is 1.16 bits per heavy atom. The minimum atomic E-state index is -0.0442. The molecule has 0 spiro atoms. The number of amides is 1. The van der Waals surface area contributed by atoms with Gasteiger partial charge in [0.15, 0.2) is 0 Å². The second-order valence-electron chi connectivity index (χ2n) is 6.87. The first-order valence-electron chi connectivity index (χ1n) is 9.64. The van der Waals surface area contributed by atoms with Crippen LogP contribution in [0.2, 0.25) is 0 Å². The Labute approximate surface area is 150 Å². The molecule has 6 heteroatoms. The topological polar surface area (TPSA) is 66.5 Å². The van der Waals surface area contributed by atoms with E-state index in [4.69, 9.17) is 4.74 Å². The molecule has 2 aliphatic rings. The highest BCUT2D eigenvalue weighted by atomic mass is 16.5. The van der Waals surface area contributed by atoms with Crippen molar-refractivity contribution in [2.45, 2.75) is 44.6 Å². The molecular formula is C19H30N4O2. The Kier molecular flexibility index (Phi) is 7.06. The predicted molar refractivity (Wildman–Crippen MR) is 99.1 cm³/mol. The normalized spacial score (nSPS) is 19.4. The first-order valence-corrected chi connectivity index (χ1v) is 9.64. The fourth-order valence-corrected chi connectivity index (χ4v) is 3.63. The smallest absolute Gasteiger partial charge is 0.255 e. The molecule has 0 unspecified atom stereocenters. The average Bonchev–Trinajstić information content (AvgIpc) is 2.94. The molecule has 1 saturated carbocycles. The Hall–Kier alpha value is -1.66. The highest BCUT2D eigenvalue weighted by Gasteiger charge is 2.19. The lowest BCUT2D eigenvalue weighted by atomic mass is 10.1. The molecule has 0 bridgehead atoms. The summed E-state index contributed by atoms with van der Waals surface area (Å²) in [5, 5.41) is 6.62. The van der Waals surface area contributed by atoms with Crippen molar-refractivity contribution in [3.8, 4) is 0 Å². The quantitative estimate of drug-likeness (QED) is 0.609. The van der Waals surface area contributed by atoms with Crippen molar-refractivity contribution in [3.05, 3.63) is 23.9 Å². The molecule has 1 saturated heterocycles. The van der Waals surface area contributed by atoms with E-state index in [1.807, 2.05) is 12.1 Å². The van der Waals surface area contributed by atoms with Crippen molar-refractivity contribution in [1.82, 2.24) is 15.6 Å². The zero-order chi connectivity index (χ0) is 17.3. The number of anilines is 1. The lowest BCUT2D eigenvalue weighted by Crippen LogP contribution is -2.40. The van der Waals surface area contributed by atoms with Crippen molar-refractivity contribution in [3.63, 3.8) is 0 Å². The second-order valence-corrected chi connectivity index (χ2v) is 6.87. The molecule has 6 nitrogen and oxygen atoms in total. The molecule has 0 radical (unpaired) electrons. The minimum Gasteiger partial charge on any atom is -0.378 e. The number of aromatic nitrogens is 1. The Morgan fingerprint density at radius 2 is 1.92 bits per heavy atom. The van der Waals surface area contributed by atoms with Crippen LogP contribution < -0.4 is 15.5 Å². The van der Waals surface area contributed by atoms with Crippen LogP contribution in [0.25, 0.3) is 0 Å². The maximum Gasteiger partial charge on any atom is 0.255 e. The molecule has 2 fully saturated rings. The summed E-state index contributed by atoms with van der Waals surface area (Å²) < 4.78 is 5.39. The Bertz CT molecular complexity index is 538. The van der Waals surface area contributed by atoms with Gasteiger partial charge in [0.2, 0.25) is 0 Å². The summed E-state index contributed by atoms with van der Waals surface area (Å²) in [4.78, 5) is 19.1. The van der Waals surface area contributed by atoms with Gasteiger partial charge in [-0.3, -0.25) is 4.79 Å². The van der Waals surface area contributed by atoms with Gasteiger partial charge in [-0.25, -0.2) is 4.98 Å². The number of ether oxygens (including phenoxy) is 1. The van der Waals surface area contributed by atoms with Crippen LogP contribution in [-0.4, -0.2) is 56.3 Å². The maximum atomic E-state index is 12.6. The highest BCUT2D eigenvalue weighted by Crippen LogP contribution is 2.18. The second kappa shape index (κ2) is 9.73. The van der Waals surface area contributed by atoms with Gasteiger partial charge in [0.05, 0.1) is 18.8 Å². The van der Waals surface area contributed by atoms with E-state index in [2.05, 4.69) is 20.5 Å². The van der Waals surface area contributed by atoms with Crippen molar-refractivity contribution < 1.29 is 9.53 Å². The van der Waals surface area contributed by atoms with Crippen LogP contribution in [0.15, 0.2) is 18.3 Å². The number of morpholine rings is 1. The number of carbonyl (C=O) groups is 1. The summed E-state index contributed by atoms with van der Waals surface area (Å²) in [5.41, 5.74) is 0.652. The first-order chi connectivity index (χ1) is 12.3. The van der Waals surface area contributed by atoms with Gasteiger partial charge in [0.25, 0.3) is 5.91 Å². The summed E-state index contributed by atoms with van der Waals surface area (Å²) in [6, 6.07) is 4.29. The van der Waals surface area contributed by atoms with E-state index in [1.165, 1.54) is 38.5 Å². The number of nitrogens with one attached hydrogen (secondary N) is 2. The number of hydrogen-bond donors (Lipinski definition) is 2. The molecule has 1 aromatic rings. The Morgan fingerprint density at radius 3 is 2.68 bits per heavy atom. The monoisotopic (exact) mass is 346 g/mol. The fourth-order valence-electron chi connectivity index (χ4n) is 3.63. The van der Waals surface area contributed by atoms with Gasteiger partial charge in [-0.15, -0.1) is 0 Å². The third kappa shape index (κ3) is 5.41. The largest absolute Gasteiger partial charge is 0.378 e. The lowest BCUT2D eigenvalue weighted by molar-refractivity contribution is 0.0951. The molecule has 1 aliphatic carbocycles. The van der Waals surface area contributed by atoms with Gasteiger partial charge in [0, 0.05) is 38.4 Å². The summed E-state index contributed by atoms with van der Waals surface area (Å²) in [6.45, 7) is 4.39. The molecule has 0 aromatic carbocycles. The lowest BCUT2D eigenvalue weighted by Gasteiger charge is -2.29. The molecule has 138 valence electrons. The summed E-state index contributed by atoms with van der Waals surface area (Å²) in [7, 11) is 0. The number of nitrogens with zero attached hydrogens (tertiary/aromatic N) is 2. The standard InChI is InChI=1S/C19H30N4O2/c24-19(22-11-10-20-16-6-3-1-2-4-7-16)17-8-5-9-21-18(17)23-12-14-25-15-13-23/h5,8-9,16,20H,1-4,6-7,10-15H2,(H,22,24). The maximum absolute atomic E-state index is 12.6. The van der Waals surface area contributed by atoms with E-state index in [0.29, 0.717) is 31.4 Å². The summed E-state index contributed by atoms with van der Waals surface area (Å²) in [6.07, 6.45) is 9.64. The number of hydrogen-bond acceptors (Lipinski definition) is 5. The third-order valence-electron chi connectivity index (χ3n) is 5.04. The molecule has 1 aliphatic heterocycles. The average molecular weight is 346 g/mol. The van der Waals surface area contributed by atoms with Crippen LogP contribution in [0.3, 0.4) is 0 Å². The molecule has 1 aromatic heterocycles. The zero-order valence-electron chi connectivity index (χ0n) is 15.0. The van der Waals surface area contributed by atoms with Crippen molar-refractivity contribution in [2.24, 2.45) is 0 Å². The molecule has 1 amide bonds. The fraction of sp³-hybridized carbons (Fsp3) is 0.684. The van der Waals surface area contributed by atoms with Gasteiger partial charge in [-0.1, -0.05) is 25.7 Å². The van der Waals surface area contributed by atoms with E-state index in [1.54, 1.807) is 6.20 Å². The van der Waals surface area contributed by atoms with Crippen LogP contribution in [0.4, 0.5) is 5.82 Å². The van der Waals surface area contributed by atoms with E-state index in [-0.39, 0.29) is 5.91 Å². The van der Waals surface area contributed by atoms with Crippen LogP contribution in [-0.2, 0) is 4.74 Å². The zero-order valence-corrected chi connectivity index (χ0v) is 15.0. The van der Waals surface area contributed by atoms with E-state index in [0.717, 1.165) is 25.5 Å². The van der Waals surface area contributed by atoms with Crippen LogP contribution >= 0.6 is 0 Å². The van der Waals surface area contributed by atoms with Crippen molar-refractivity contribution in [1.29, 1.82) is 0 Å². The van der Waals surface area contributed by atoms with Crippen LogP contribution in [0, 0.1) is 0 Å². The van der Waals surface area contributed by atoms with E-state index < -0.39 is 0 Å². The van der Waals surface area contributed by atoms with Gasteiger partial charge in [0.1, 0.15) is 5.82 Å². The number of carbonyl (C=O) groups excluding carboxylic acids is 1. The summed E-state index contributed by atoms with van der Waals surface area (Å²) in [5.74, 6) is 0.720. The first kappa shape index (κ1) is 18.1. The summed E-state index contributed by atoms with van der Waals surface area (Å²) >= 11 is 0. The Balaban J connectivity index is 1.48. The van der Waals surface area contributed by atoms with Crippen molar-refractivity contribution >= 4 is 11.7 Å². The van der Waals surface area contributed by atoms with Gasteiger partial charge < -0.3 is 20.3 Å². The highest BCUT2D eigenvalue weighted by molar-refractivity contribution is 5.98. The number of pyridine rings is 1. The molecule has 2 heterocycles. The molecule has 3 rings (SSSR count). The van der Waals surface area contributed by atoms with Crippen LogP contribution in [0.5, 0.6) is 0 Å². The molecule has 2 N–H and O–H groups in total. The molecular weight excluding hydrogens is 316 g/mol. The minimum absolute atomic E-state index is 0.0442. The number of rotatable bonds is 6. The SMILES string of the molecule is O=C(NCCNC1CCCCCC1)c1cccnc1N1CCOCC1. The molecule has 25 heavy (non-hydrogen) atoms. The predicted octanol–water partition coefficient (Wildman–Crippen LogP) is 1.96.